The van der Waals surface area contributed by atoms with E-state index in [0.29, 0.717) is 0 Å². The third-order valence-corrected chi connectivity index (χ3v) is 5.14. The Morgan fingerprint density at radius 1 is 1.36 bits per heavy atom. The van der Waals surface area contributed by atoms with Crippen molar-refractivity contribution in [2.75, 3.05) is 25.0 Å². The lowest BCUT2D eigenvalue weighted by molar-refractivity contribution is -0.384. The molecule has 22 heavy (non-hydrogen) atoms. The van der Waals surface area contributed by atoms with E-state index in [1.54, 1.807) is 13.8 Å². The Morgan fingerprint density at radius 3 is 2.41 bits per heavy atom. The number of aliphatic hydroxyl groups is 1. The maximum atomic E-state index is 12.4. The van der Waals surface area contributed by atoms with Gasteiger partial charge in [-0.3, -0.25) is 10.1 Å². The van der Waals surface area contributed by atoms with Crippen molar-refractivity contribution in [2.45, 2.75) is 31.8 Å². The van der Waals surface area contributed by atoms with Crippen LogP contribution in [0.15, 0.2) is 23.1 Å². The SMILES string of the molecule is CCN(CC)S(=O)(=O)c1ccc(NCC(C)O)c([N+](=O)[O-])c1. The minimum atomic E-state index is -3.75. The quantitative estimate of drug-likeness (QED) is 0.550. The summed E-state index contributed by atoms with van der Waals surface area (Å²) in [4.78, 5) is 10.4. The van der Waals surface area contributed by atoms with Gasteiger partial charge in [-0.25, -0.2) is 8.42 Å². The van der Waals surface area contributed by atoms with Gasteiger partial charge in [-0.1, -0.05) is 13.8 Å². The molecule has 0 saturated heterocycles. The molecule has 0 aliphatic rings. The minimum Gasteiger partial charge on any atom is -0.392 e. The smallest absolute Gasteiger partial charge is 0.293 e. The first kappa shape index (κ1) is 18.3. The molecule has 0 aliphatic carbocycles. The minimum absolute atomic E-state index is 0.120. The number of nitrogens with one attached hydrogen (secondary N) is 1. The Morgan fingerprint density at radius 2 is 1.95 bits per heavy atom. The monoisotopic (exact) mass is 331 g/mol. The lowest BCUT2D eigenvalue weighted by Gasteiger charge is -2.18. The third-order valence-electron chi connectivity index (χ3n) is 3.10. The summed E-state index contributed by atoms with van der Waals surface area (Å²) in [5, 5.41) is 23.1. The summed E-state index contributed by atoms with van der Waals surface area (Å²) in [6.07, 6.45) is -0.682. The first-order valence-electron chi connectivity index (χ1n) is 6.94. The molecule has 0 spiro atoms. The zero-order valence-electron chi connectivity index (χ0n) is 12.8. The number of hydrogen-bond acceptors (Lipinski definition) is 6. The van der Waals surface area contributed by atoms with Gasteiger partial charge in [0.1, 0.15) is 5.69 Å². The molecule has 9 heteroatoms. The summed E-state index contributed by atoms with van der Waals surface area (Å²) in [5.74, 6) is 0. The number of nitro benzene ring substituents is 1. The zero-order valence-corrected chi connectivity index (χ0v) is 13.6. The molecule has 0 amide bonds. The molecule has 0 heterocycles. The highest BCUT2D eigenvalue weighted by molar-refractivity contribution is 7.89. The molecule has 0 bridgehead atoms. The van der Waals surface area contributed by atoms with Gasteiger partial charge in [0.05, 0.1) is 15.9 Å². The van der Waals surface area contributed by atoms with Gasteiger partial charge in [-0.2, -0.15) is 4.31 Å². The average Bonchev–Trinajstić information content (AvgIpc) is 2.45. The van der Waals surface area contributed by atoms with Crippen molar-refractivity contribution in [3.05, 3.63) is 28.3 Å². The summed E-state index contributed by atoms with van der Waals surface area (Å²) < 4.78 is 26.0. The summed E-state index contributed by atoms with van der Waals surface area (Å²) in [5.41, 5.74) is -0.168. The summed E-state index contributed by atoms with van der Waals surface area (Å²) in [6, 6.07) is 3.71. The van der Waals surface area contributed by atoms with Gasteiger partial charge in [0.15, 0.2) is 0 Å². The van der Waals surface area contributed by atoms with Crippen molar-refractivity contribution in [3.63, 3.8) is 0 Å². The number of rotatable bonds is 8. The fraction of sp³-hybridized carbons (Fsp3) is 0.538. The Bertz CT molecular complexity index is 627. The molecule has 1 aromatic rings. The molecule has 1 rings (SSSR count). The van der Waals surface area contributed by atoms with Crippen molar-refractivity contribution in [2.24, 2.45) is 0 Å². The van der Waals surface area contributed by atoms with E-state index in [2.05, 4.69) is 5.32 Å². The second-order valence-electron chi connectivity index (χ2n) is 4.76. The summed E-state index contributed by atoms with van der Waals surface area (Å²) >= 11 is 0. The Balaban J connectivity index is 3.26. The van der Waals surface area contributed by atoms with Crippen molar-refractivity contribution >= 4 is 21.4 Å². The van der Waals surface area contributed by atoms with Crippen molar-refractivity contribution in [1.82, 2.24) is 4.31 Å². The second kappa shape index (κ2) is 7.52. The second-order valence-corrected chi connectivity index (χ2v) is 6.69. The van der Waals surface area contributed by atoms with Gasteiger partial charge >= 0.3 is 0 Å². The van der Waals surface area contributed by atoms with Crippen LogP contribution in [0.3, 0.4) is 0 Å². The first-order chi connectivity index (χ1) is 10.2. The molecular weight excluding hydrogens is 310 g/mol. The molecule has 0 saturated carbocycles. The van der Waals surface area contributed by atoms with Crippen LogP contribution in [0, 0.1) is 10.1 Å². The molecule has 0 aromatic heterocycles. The molecule has 8 nitrogen and oxygen atoms in total. The normalized spacial score (nSPS) is 13.1. The van der Waals surface area contributed by atoms with Crippen LogP contribution in [0.4, 0.5) is 11.4 Å². The van der Waals surface area contributed by atoms with Crippen LogP contribution in [-0.4, -0.2) is 48.5 Å². The van der Waals surface area contributed by atoms with Crippen LogP contribution in [0.5, 0.6) is 0 Å². The standard InChI is InChI=1S/C13H21N3O5S/c1-4-15(5-2)22(20,21)11-6-7-12(14-9-10(3)17)13(8-11)16(18)19/h6-8,10,14,17H,4-5,9H2,1-3H3. The van der Waals surface area contributed by atoms with E-state index in [1.165, 1.54) is 23.4 Å². The van der Waals surface area contributed by atoms with Crippen LogP contribution < -0.4 is 5.32 Å². The van der Waals surface area contributed by atoms with Gasteiger partial charge in [-0.15, -0.1) is 0 Å². The maximum Gasteiger partial charge on any atom is 0.293 e. The highest BCUT2D eigenvalue weighted by Crippen LogP contribution is 2.28. The summed E-state index contributed by atoms with van der Waals surface area (Å²) in [7, 11) is -3.75. The zero-order chi connectivity index (χ0) is 16.9. The van der Waals surface area contributed by atoms with Crippen LogP contribution >= 0.6 is 0 Å². The largest absolute Gasteiger partial charge is 0.392 e. The molecular formula is C13H21N3O5S. The van der Waals surface area contributed by atoms with Crippen molar-refractivity contribution < 1.29 is 18.4 Å². The highest BCUT2D eigenvalue weighted by Gasteiger charge is 2.25. The molecule has 1 aromatic carbocycles. The topological polar surface area (TPSA) is 113 Å². The molecule has 1 unspecified atom stereocenters. The number of nitrogens with zero attached hydrogens (tertiary/aromatic N) is 2. The van der Waals surface area contributed by atoms with Gasteiger partial charge in [0.25, 0.3) is 5.69 Å². The van der Waals surface area contributed by atoms with Crippen molar-refractivity contribution in [1.29, 1.82) is 0 Å². The van der Waals surface area contributed by atoms with E-state index in [0.717, 1.165) is 6.07 Å². The van der Waals surface area contributed by atoms with Crippen molar-refractivity contribution in [3.8, 4) is 0 Å². The molecule has 0 fully saturated rings. The number of nitro groups is 1. The predicted molar refractivity (Wildman–Crippen MR) is 83.4 cm³/mol. The van der Waals surface area contributed by atoms with Crippen LogP contribution in [0.2, 0.25) is 0 Å². The molecule has 0 aliphatic heterocycles. The number of sulfonamides is 1. The van der Waals surface area contributed by atoms with E-state index in [-0.39, 0.29) is 35.9 Å². The average molecular weight is 331 g/mol. The molecule has 1 atom stereocenters. The number of anilines is 1. The molecule has 124 valence electrons. The predicted octanol–water partition coefficient (Wildman–Crippen LogP) is 1.42. The first-order valence-corrected chi connectivity index (χ1v) is 8.38. The van der Waals surface area contributed by atoms with Gasteiger partial charge in [0.2, 0.25) is 10.0 Å². The van der Waals surface area contributed by atoms with Crippen LogP contribution in [0.25, 0.3) is 0 Å². The molecule has 0 radical (unpaired) electrons. The summed E-state index contributed by atoms with van der Waals surface area (Å²) in [6.45, 7) is 5.65. The number of benzene rings is 1. The van der Waals surface area contributed by atoms with Gasteiger partial charge in [0, 0.05) is 25.7 Å². The Kier molecular flexibility index (Phi) is 6.27. The van der Waals surface area contributed by atoms with E-state index in [1.807, 2.05) is 0 Å². The molecule has 2 N–H and O–H groups in total. The number of aliphatic hydroxyl groups excluding tert-OH is 1. The maximum absolute atomic E-state index is 12.4. The lowest BCUT2D eigenvalue weighted by Crippen LogP contribution is -2.30. The fourth-order valence-electron chi connectivity index (χ4n) is 1.94. The lowest BCUT2D eigenvalue weighted by atomic mass is 10.2. The van der Waals surface area contributed by atoms with Gasteiger partial charge < -0.3 is 10.4 Å². The van der Waals surface area contributed by atoms with E-state index >= 15 is 0 Å². The Hall–Kier alpha value is -1.71. The fourth-order valence-corrected chi connectivity index (χ4v) is 3.42. The Labute approximate surface area is 130 Å². The highest BCUT2D eigenvalue weighted by atomic mass is 32.2. The van der Waals surface area contributed by atoms with E-state index in [9.17, 15) is 23.6 Å². The number of hydrogen-bond donors (Lipinski definition) is 2. The van der Waals surface area contributed by atoms with Crippen LogP contribution in [-0.2, 0) is 10.0 Å². The van der Waals surface area contributed by atoms with E-state index in [4.69, 9.17) is 0 Å². The van der Waals surface area contributed by atoms with Crippen LogP contribution in [0.1, 0.15) is 20.8 Å². The van der Waals surface area contributed by atoms with E-state index < -0.39 is 21.1 Å². The third kappa shape index (κ3) is 4.15. The van der Waals surface area contributed by atoms with Gasteiger partial charge in [-0.05, 0) is 19.1 Å².